The Morgan fingerprint density at radius 2 is 1.74 bits per heavy atom. The summed E-state index contributed by atoms with van der Waals surface area (Å²) < 4.78 is 17.7. The molecule has 0 saturated heterocycles. The van der Waals surface area contributed by atoms with E-state index in [-0.39, 0.29) is 5.82 Å². The van der Waals surface area contributed by atoms with Gasteiger partial charge in [-0.3, -0.25) is 4.79 Å². The highest BCUT2D eigenvalue weighted by Gasteiger charge is 1.96. The highest BCUT2D eigenvalue weighted by atomic mass is 19.1. The van der Waals surface area contributed by atoms with Crippen LogP contribution in [0.1, 0.15) is 31.1 Å². The Hall–Kier alpha value is -3.14. The lowest BCUT2D eigenvalue weighted by Crippen LogP contribution is -1.92. The second-order valence-corrected chi connectivity index (χ2v) is 5.20. The molecular weight excluding hydrogens is 341 g/mol. The summed E-state index contributed by atoms with van der Waals surface area (Å²) in [5.41, 5.74) is 2.35. The average Bonchev–Trinajstić information content (AvgIpc) is 2.68. The van der Waals surface area contributed by atoms with E-state index < -0.39 is 0 Å². The summed E-state index contributed by atoms with van der Waals surface area (Å²) in [5, 5.41) is 3.05. The molecule has 0 fully saturated rings. The molecule has 0 aliphatic heterocycles. The number of benzene rings is 2. The van der Waals surface area contributed by atoms with Crippen molar-refractivity contribution in [3.8, 4) is 5.75 Å². The van der Waals surface area contributed by atoms with E-state index in [1.54, 1.807) is 12.1 Å². The first-order valence-corrected chi connectivity index (χ1v) is 8.63. The van der Waals surface area contributed by atoms with Crippen molar-refractivity contribution in [2.45, 2.75) is 20.8 Å². The minimum atomic E-state index is -0.375. The maximum Gasteiger partial charge on any atom is 0.150 e. The lowest BCUT2D eigenvalue weighted by molar-refractivity contribution is 0.112. The molecule has 3 nitrogen and oxygen atoms in total. The Bertz CT molecular complexity index is 766. The molecule has 0 aliphatic carbocycles. The number of aldehydes is 1. The fourth-order valence-corrected chi connectivity index (χ4v) is 1.72. The van der Waals surface area contributed by atoms with Crippen LogP contribution in [0, 0.1) is 5.82 Å². The molecule has 144 valence electrons. The molecule has 0 heterocycles. The van der Waals surface area contributed by atoms with Crippen LogP contribution in [0.3, 0.4) is 0 Å². The van der Waals surface area contributed by atoms with E-state index in [9.17, 15) is 9.18 Å². The molecule has 0 aliphatic rings. The molecular formula is C23H28FNO2. The summed E-state index contributed by atoms with van der Waals surface area (Å²) >= 11 is 0. The van der Waals surface area contributed by atoms with Crippen LogP contribution in [0.25, 0.3) is 0 Å². The Morgan fingerprint density at radius 3 is 2.26 bits per heavy atom. The second-order valence-electron chi connectivity index (χ2n) is 5.20. The minimum absolute atomic E-state index is 0.370. The number of hydrogen-bond donors (Lipinski definition) is 1. The summed E-state index contributed by atoms with van der Waals surface area (Å²) in [7, 11) is 1.87. The van der Waals surface area contributed by atoms with Gasteiger partial charge in [-0.1, -0.05) is 56.9 Å². The predicted octanol–water partition coefficient (Wildman–Crippen LogP) is 6.42. The van der Waals surface area contributed by atoms with Crippen molar-refractivity contribution in [3.05, 3.63) is 96.6 Å². The summed E-state index contributed by atoms with van der Waals surface area (Å²) in [5.74, 6) is 0.985. The van der Waals surface area contributed by atoms with Gasteiger partial charge in [-0.05, 0) is 37.3 Å². The highest BCUT2D eigenvalue weighted by Crippen LogP contribution is 2.19. The quantitative estimate of drug-likeness (QED) is 0.363. The molecule has 4 heteroatoms. The molecule has 27 heavy (non-hydrogen) atoms. The first-order valence-electron chi connectivity index (χ1n) is 8.63. The molecule has 0 spiro atoms. The number of ether oxygens (including phenoxy) is 1. The van der Waals surface area contributed by atoms with Gasteiger partial charge in [-0.2, -0.15) is 0 Å². The van der Waals surface area contributed by atoms with E-state index in [0.717, 1.165) is 17.0 Å². The van der Waals surface area contributed by atoms with Crippen LogP contribution in [0.2, 0.25) is 0 Å². The molecule has 0 radical (unpaired) electrons. The third-order valence-electron chi connectivity index (χ3n) is 2.91. The van der Waals surface area contributed by atoms with Crippen LogP contribution in [0.15, 0.2) is 85.2 Å². The number of rotatable bonds is 6. The summed E-state index contributed by atoms with van der Waals surface area (Å²) in [6.07, 6.45) is 4.28. The number of nitrogens with one attached hydrogen (secondary N) is 1. The largest absolute Gasteiger partial charge is 0.458 e. The summed E-state index contributed by atoms with van der Waals surface area (Å²) in [6, 6.07) is 13.2. The molecule has 0 unspecified atom stereocenters. The first-order chi connectivity index (χ1) is 12.9. The van der Waals surface area contributed by atoms with Crippen LogP contribution in [0.5, 0.6) is 5.75 Å². The van der Waals surface area contributed by atoms with Gasteiger partial charge >= 0.3 is 0 Å². The highest BCUT2D eigenvalue weighted by molar-refractivity contribution is 5.74. The zero-order chi connectivity index (χ0) is 20.7. The number of carbonyl (C=O) groups is 1. The second kappa shape index (κ2) is 14.1. The van der Waals surface area contributed by atoms with Crippen molar-refractivity contribution in [2.24, 2.45) is 0 Å². The van der Waals surface area contributed by atoms with Crippen LogP contribution in [-0.4, -0.2) is 13.3 Å². The predicted molar refractivity (Wildman–Crippen MR) is 113 cm³/mol. The van der Waals surface area contributed by atoms with Gasteiger partial charge in [0.1, 0.15) is 23.6 Å². The fraction of sp³-hybridized carbons (Fsp3) is 0.174. The number of anilines is 1. The number of carbonyl (C=O) groups excluding carboxylic acids is 1. The molecule has 0 saturated carbocycles. The third kappa shape index (κ3) is 11.2. The van der Waals surface area contributed by atoms with Gasteiger partial charge in [0.05, 0.1) is 0 Å². The van der Waals surface area contributed by atoms with Crippen molar-refractivity contribution >= 4 is 12.0 Å². The van der Waals surface area contributed by atoms with Crippen LogP contribution >= 0.6 is 0 Å². The lowest BCUT2D eigenvalue weighted by Gasteiger charge is -2.07. The maximum absolute atomic E-state index is 12.2. The molecule has 2 aromatic rings. The zero-order valence-corrected chi connectivity index (χ0v) is 16.5. The molecule has 0 amide bonds. The molecule has 2 aromatic carbocycles. The van der Waals surface area contributed by atoms with E-state index in [1.165, 1.54) is 18.2 Å². The van der Waals surface area contributed by atoms with Crippen LogP contribution in [-0.2, 0) is 0 Å². The Morgan fingerprint density at radius 1 is 1.07 bits per heavy atom. The van der Waals surface area contributed by atoms with Crippen molar-refractivity contribution < 1.29 is 13.9 Å². The van der Waals surface area contributed by atoms with Crippen molar-refractivity contribution in [3.63, 3.8) is 0 Å². The number of allylic oxidation sites excluding steroid dienone is 3. The monoisotopic (exact) mass is 369 g/mol. The normalized spacial score (nSPS) is 9.22. The van der Waals surface area contributed by atoms with E-state index in [2.05, 4.69) is 18.5 Å². The van der Waals surface area contributed by atoms with Crippen LogP contribution < -0.4 is 10.1 Å². The van der Waals surface area contributed by atoms with Gasteiger partial charge in [0.25, 0.3) is 0 Å². The first kappa shape index (κ1) is 23.9. The van der Waals surface area contributed by atoms with E-state index in [0.29, 0.717) is 17.6 Å². The van der Waals surface area contributed by atoms with Crippen molar-refractivity contribution in [1.82, 2.24) is 0 Å². The van der Waals surface area contributed by atoms with Gasteiger partial charge in [-0.15, -0.1) is 0 Å². The molecule has 2 rings (SSSR count). The van der Waals surface area contributed by atoms with Crippen molar-refractivity contribution in [2.75, 3.05) is 12.4 Å². The zero-order valence-electron chi connectivity index (χ0n) is 16.5. The van der Waals surface area contributed by atoms with Gasteiger partial charge in [-0.25, -0.2) is 4.39 Å². The van der Waals surface area contributed by atoms with Gasteiger partial charge in [0.2, 0.25) is 0 Å². The van der Waals surface area contributed by atoms with Crippen molar-refractivity contribution in [1.29, 1.82) is 0 Å². The van der Waals surface area contributed by atoms with Gasteiger partial charge < -0.3 is 10.1 Å². The van der Waals surface area contributed by atoms with Gasteiger partial charge in [0, 0.05) is 24.4 Å². The smallest absolute Gasteiger partial charge is 0.150 e. The minimum Gasteiger partial charge on any atom is -0.458 e. The van der Waals surface area contributed by atoms with E-state index >= 15 is 0 Å². The number of hydrogen-bond acceptors (Lipinski definition) is 3. The summed E-state index contributed by atoms with van der Waals surface area (Å²) in [4.78, 5) is 9.99. The van der Waals surface area contributed by atoms with Crippen LogP contribution in [0.4, 0.5) is 10.1 Å². The Labute approximate surface area is 161 Å². The average molecular weight is 369 g/mol. The summed E-state index contributed by atoms with van der Waals surface area (Å²) in [6.45, 7) is 13.5. The standard InChI is InChI=1S/C14H17NO.C7H5FO.C2H6/c1-11(2)8-9-12(3)16-14-7-5-6-13(10-14)15-4;8-7-3-1-2-6(4-7)5-9;1-2/h5-10,15H,1,3H2,2,4H3;1-5H;1-2H3/b9-8-;;. The molecule has 0 bridgehead atoms. The molecule has 0 atom stereocenters. The third-order valence-corrected chi connectivity index (χ3v) is 2.91. The molecule has 0 aromatic heterocycles. The van der Waals surface area contributed by atoms with E-state index in [4.69, 9.17) is 4.74 Å². The fourth-order valence-electron chi connectivity index (χ4n) is 1.72. The maximum atomic E-state index is 12.2. The Balaban J connectivity index is 0.000000519. The SMILES string of the molecule is C=C(C)/C=C\C(=C)Oc1cccc(NC)c1.CC.O=Cc1cccc(F)c1. The van der Waals surface area contributed by atoms with Gasteiger partial charge in [0.15, 0.2) is 0 Å². The topological polar surface area (TPSA) is 38.3 Å². The molecule has 1 N–H and O–H groups in total. The number of halogens is 1. The lowest BCUT2D eigenvalue weighted by atomic mass is 10.2. The van der Waals surface area contributed by atoms with E-state index in [1.807, 2.05) is 58.2 Å². The Kier molecular flexibility index (Phi) is 12.4.